The standard InChI is InChI=1S/C17H22BrN5O.ClH/c1-12-3-4-14(13(18)9-12)21-16(24)11-23-8-5-19-10-15(23)17-20-6-7-22(17)2;/h3-4,6-7,9,15,19H,5,8,10-11H2,1-2H3,(H,21,24);1H. The van der Waals surface area contributed by atoms with E-state index >= 15 is 0 Å². The molecule has 2 N–H and O–H groups in total. The van der Waals surface area contributed by atoms with Crippen LogP contribution in [0.3, 0.4) is 0 Å². The second-order valence-electron chi connectivity index (χ2n) is 6.12. The minimum atomic E-state index is -0.0133. The van der Waals surface area contributed by atoms with E-state index in [2.05, 4.69) is 36.4 Å². The molecular formula is C17H23BrClN5O. The largest absolute Gasteiger partial charge is 0.337 e. The number of hydrogen-bond donors (Lipinski definition) is 2. The molecule has 2 heterocycles. The van der Waals surface area contributed by atoms with E-state index in [1.165, 1.54) is 0 Å². The van der Waals surface area contributed by atoms with Crippen LogP contribution in [0, 0.1) is 6.92 Å². The number of rotatable bonds is 4. The van der Waals surface area contributed by atoms with E-state index in [0.29, 0.717) is 6.54 Å². The Hall–Kier alpha value is -1.41. The summed E-state index contributed by atoms with van der Waals surface area (Å²) in [5.74, 6) is 0.965. The quantitative estimate of drug-likeness (QED) is 0.785. The first-order valence-corrected chi connectivity index (χ1v) is 8.82. The molecule has 1 amide bonds. The monoisotopic (exact) mass is 427 g/mol. The second-order valence-corrected chi connectivity index (χ2v) is 6.97. The van der Waals surface area contributed by atoms with Gasteiger partial charge in [-0.15, -0.1) is 12.4 Å². The van der Waals surface area contributed by atoms with Crippen molar-refractivity contribution in [3.63, 3.8) is 0 Å². The highest BCUT2D eigenvalue weighted by Crippen LogP contribution is 2.24. The molecule has 8 heteroatoms. The van der Waals surface area contributed by atoms with Crippen molar-refractivity contribution in [1.82, 2.24) is 19.8 Å². The van der Waals surface area contributed by atoms with E-state index in [9.17, 15) is 4.79 Å². The molecule has 1 aliphatic rings. The highest BCUT2D eigenvalue weighted by atomic mass is 79.9. The van der Waals surface area contributed by atoms with Crippen LogP contribution in [-0.2, 0) is 11.8 Å². The molecule has 0 radical (unpaired) electrons. The minimum Gasteiger partial charge on any atom is -0.337 e. The molecule has 0 saturated carbocycles. The molecule has 6 nitrogen and oxygen atoms in total. The van der Waals surface area contributed by atoms with E-state index in [0.717, 1.165) is 41.2 Å². The lowest BCUT2D eigenvalue weighted by Crippen LogP contribution is -2.49. The van der Waals surface area contributed by atoms with Crippen molar-refractivity contribution in [1.29, 1.82) is 0 Å². The number of carbonyl (C=O) groups excluding carboxylic acids is 1. The van der Waals surface area contributed by atoms with Crippen molar-refractivity contribution in [2.45, 2.75) is 13.0 Å². The van der Waals surface area contributed by atoms with E-state index in [-0.39, 0.29) is 24.4 Å². The molecule has 1 fully saturated rings. The van der Waals surface area contributed by atoms with Crippen molar-refractivity contribution in [3.05, 3.63) is 46.5 Å². The number of aryl methyl sites for hydroxylation is 2. The van der Waals surface area contributed by atoms with Gasteiger partial charge in [0, 0.05) is 43.5 Å². The molecule has 2 aromatic rings. The van der Waals surface area contributed by atoms with Crippen LogP contribution in [0.25, 0.3) is 0 Å². The maximum absolute atomic E-state index is 12.5. The summed E-state index contributed by atoms with van der Waals surface area (Å²) >= 11 is 3.50. The van der Waals surface area contributed by atoms with Crippen LogP contribution in [-0.4, -0.2) is 46.5 Å². The number of halogens is 2. The Bertz CT molecular complexity index is 736. The smallest absolute Gasteiger partial charge is 0.238 e. The van der Waals surface area contributed by atoms with Gasteiger partial charge in [0.15, 0.2) is 0 Å². The van der Waals surface area contributed by atoms with Crippen molar-refractivity contribution in [2.75, 3.05) is 31.5 Å². The van der Waals surface area contributed by atoms with E-state index < -0.39 is 0 Å². The Balaban J connectivity index is 0.00000225. The molecular weight excluding hydrogens is 406 g/mol. The third kappa shape index (κ3) is 4.82. The average Bonchev–Trinajstić information content (AvgIpc) is 2.97. The van der Waals surface area contributed by atoms with Gasteiger partial charge < -0.3 is 15.2 Å². The molecule has 1 saturated heterocycles. The Morgan fingerprint density at radius 2 is 2.28 bits per heavy atom. The number of piperazine rings is 1. The van der Waals surface area contributed by atoms with Crippen LogP contribution < -0.4 is 10.6 Å². The number of nitrogens with zero attached hydrogens (tertiary/aromatic N) is 3. The fraction of sp³-hybridized carbons (Fsp3) is 0.412. The van der Waals surface area contributed by atoms with Crippen LogP contribution in [0.1, 0.15) is 17.4 Å². The summed E-state index contributed by atoms with van der Waals surface area (Å²) in [6.45, 7) is 4.86. The number of nitrogens with one attached hydrogen (secondary N) is 2. The number of aromatic nitrogens is 2. The normalized spacial score (nSPS) is 17.8. The zero-order valence-electron chi connectivity index (χ0n) is 14.3. The lowest BCUT2D eigenvalue weighted by atomic mass is 10.1. The van der Waals surface area contributed by atoms with Gasteiger partial charge in [0.25, 0.3) is 0 Å². The summed E-state index contributed by atoms with van der Waals surface area (Å²) in [7, 11) is 1.98. The Morgan fingerprint density at radius 1 is 1.48 bits per heavy atom. The maximum Gasteiger partial charge on any atom is 0.238 e. The van der Waals surface area contributed by atoms with Gasteiger partial charge in [-0.2, -0.15) is 0 Å². The molecule has 1 atom stereocenters. The summed E-state index contributed by atoms with van der Waals surface area (Å²) in [5, 5.41) is 6.37. The van der Waals surface area contributed by atoms with Gasteiger partial charge in [-0.05, 0) is 40.5 Å². The van der Waals surface area contributed by atoms with Gasteiger partial charge in [-0.25, -0.2) is 4.98 Å². The minimum absolute atomic E-state index is 0. The van der Waals surface area contributed by atoms with E-state index in [4.69, 9.17) is 0 Å². The molecule has 3 rings (SSSR count). The summed E-state index contributed by atoms with van der Waals surface area (Å²) in [5.41, 5.74) is 1.95. The highest BCUT2D eigenvalue weighted by Gasteiger charge is 2.28. The zero-order chi connectivity index (χ0) is 17.1. The van der Waals surface area contributed by atoms with Gasteiger partial charge in [0.2, 0.25) is 5.91 Å². The predicted molar refractivity (Wildman–Crippen MR) is 105 cm³/mol. The molecule has 1 unspecified atom stereocenters. The number of benzene rings is 1. The lowest BCUT2D eigenvalue weighted by molar-refractivity contribution is -0.118. The zero-order valence-corrected chi connectivity index (χ0v) is 16.7. The molecule has 0 spiro atoms. The average molecular weight is 429 g/mol. The van der Waals surface area contributed by atoms with Crippen molar-refractivity contribution in [2.24, 2.45) is 7.05 Å². The topological polar surface area (TPSA) is 62.2 Å². The Labute approximate surface area is 162 Å². The summed E-state index contributed by atoms with van der Waals surface area (Å²) in [6.07, 6.45) is 3.73. The Morgan fingerprint density at radius 3 is 2.96 bits per heavy atom. The van der Waals surface area contributed by atoms with Gasteiger partial charge >= 0.3 is 0 Å². The highest BCUT2D eigenvalue weighted by molar-refractivity contribution is 9.10. The van der Waals surface area contributed by atoms with Gasteiger partial charge in [-0.3, -0.25) is 9.69 Å². The van der Waals surface area contributed by atoms with Crippen LogP contribution in [0.5, 0.6) is 0 Å². The third-order valence-electron chi connectivity index (χ3n) is 4.26. The summed E-state index contributed by atoms with van der Waals surface area (Å²) in [6, 6.07) is 6.01. The molecule has 1 aromatic heterocycles. The number of hydrogen-bond acceptors (Lipinski definition) is 4. The fourth-order valence-corrected chi connectivity index (χ4v) is 3.58. The number of amides is 1. The van der Waals surface area contributed by atoms with Gasteiger partial charge in [-0.1, -0.05) is 6.07 Å². The number of anilines is 1. The Kier molecular flexibility index (Phi) is 7.01. The molecule has 1 aliphatic heterocycles. The van der Waals surface area contributed by atoms with Crippen LogP contribution in [0.15, 0.2) is 35.1 Å². The van der Waals surface area contributed by atoms with E-state index in [1.54, 1.807) is 6.20 Å². The summed E-state index contributed by atoms with van der Waals surface area (Å²) < 4.78 is 2.91. The van der Waals surface area contributed by atoms with Gasteiger partial charge in [0.05, 0.1) is 18.3 Å². The van der Waals surface area contributed by atoms with Crippen LogP contribution in [0.4, 0.5) is 5.69 Å². The first kappa shape index (κ1) is 19.9. The molecule has 136 valence electrons. The van der Waals surface area contributed by atoms with Crippen molar-refractivity contribution >= 4 is 39.9 Å². The molecule has 1 aromatic carbocycles. The lowest BCUT2D eigenvalue weighted by Gasteiger charge is -2.35. The maximum atomic E-state index is 12.5. The molecule has 0 aliphatic carbocycles. The van der Waals surface area contributed by atoms with E-state index in [1.807, 2.05) is 42.9 Å². The van der Waals surface area contributed by atoms with Crippen LogP contribution >= 0.6 is 28.3 Å². The van der Waals surface area contributed by atoms with Gasteiger partial charge in [0.1, 0.15) is 5.82 Å². The van der Waals surface area contributed by atoms with Crippen molar-refractivity contribution in [3.8, 4) is 0 Å². The second kappa shape index (κ2) is 8.80. The number of carbonyl (C=O) groups is 1. The fourth-order valence-electron chi connectivity index (χ4n) is 2.98. The molecule has 25 heavy (non-hydrogen) atoms. The van der Waals surface area contributed by atoms with Crippen molar-refractivity contribution < 1.29 is 4.79 Å². The SMILES string of the molecule is Cc1ccc(NC(=O)CN2CCNCC2c2nccn2C)c(Br)c1.Cl. The summed E-state index contributed by atoms with van der Waals surface area (Å²) in [4.78, 5) is 19.1. The first-order valence-electron chi connectivity index (χ1n) is 8.02. The number of imidazole rings is 1. The van der Waals surface area contributed by atoms with Crippen LogP contribution in [0.2, 0.25) is 0 Å². The molecule has 0 bridgehead atoms. The first-order chi connectivity index (χ1) is 11.5. The third-order valence-corrected chi connectivity index (χ3v) is 4.91. The predicted octanol–water partition coefficient (Wildman–Crippen LogP) is 2.50.